The maximum absolute atomic E-state index is 13.2. The molecule has 0 bridgehead atoms. The zero-order chi connectivity index (χ0) is 17.6. The van der Waals surface area contributed by atoms with E-state index in [1.54, 1.807) is 18.3 Å². The Morgan fingerprint density at radius 1 is 1.28 bits per heavy atom. The number of benzene rings is 1. The lowest BCUT2D eigenvalue weighted by molar-refractivity contribution is 0.146. The second-order valence-corrected chi connectivity index (χ2v) is 6.05. The third-order valence-electron chi connectivity index (χ3n) is 4.31. The Morgan fingerprint density at radius 2 is 2.08 bits per heavy atom. The van der Waals surface area contributed by atoms with Crippen LogP contribution >= 0.6 is 0 Å². The number of nitrogens with zero attached hydrogens (tertiary/aromatic N) is 3. The monoisotopic (exact) mass is 347 g/mol. The molecular weight excluding hydrogens is 325 g/mol. The molecule has 1 saturated heterocycles. The summed E-state index contributed by atoms with van der Waals surface area (Å²) in [5, 5.41) is 18.7. The lowest BCUT2D eigenvalue weighted by atomic mass is 10.1. The van der Waals surface area contributed by atoms with Gasteiger partial charge >= 0.3 is 6.03 Å². The number of aromatic nitrogens is 2. The van der Waals surface area contributed by atoms with Gasteiger partial charge in [0.1, 0.15) is 11.6 Å². The number of carbonyl (C=O) groups is 1. The van der Waals surface area contributed by atoms with Gasteiger partial charge in [-0.2, -0.15) is 5.10 Å². The van der Waals surface area contributed by atoms with Crippen LogP contribution in [-0.2, 0) is 0 Å². The van der Waals surface area contributed by atoms with Gasteiger partial charge in [0.05, 0.1) is 18.8 Å². The number of aliphatic hydroxyl groups excluding tert-OH is 1. The number of urea groups is 1. The highest BCUT2D eigenvalue weighted by molar-refractivity contribution is 5.99. The topological polar surface area (TPSA) is 82.4 Å². The summed E-state index contributed by atoms with van der Waals surface area (Å²) in [4.78, 5) is 14.4. The quantitative estimate of drug-likeness (QED) is 0.775. The van der Waals surface area contributed by atoms with Gasteiger partial charge in [-0.15, -0.1) is 0 Å². The Morgan fingerprint density at radius 3 is 2.80 bits per heavy atom. The van der Waals surface area contributed by atoms with Crippen LogP contribution in [0, 0.1) is 5.82 Å². The molecule has 1 aliphatic rings. The van der Waals surface area contributed by atoms with E-state index in [4.69, 9.17) is 5.11 Å². The van der Waals surface area contributed by atoms with Crippen LogP contribution in [0.5, 0.6) is 0 Å². The highest BCUT2D eigenvalue weighted by Crippen LogP contribution is 2.25. The van der Waals surface area contributed by atoms with E-state index in [9.17, 15) is 9.18 Å². The number of hydrogen-bond acceptors (Lipinski definition) is 4. The molecule has 2 aromatic rings. The van der Waals surface area contributed by atoms with Crippen LogP contribution in [-0.4, -0.2) is 52.1 Å². The van der Waals surface area contributed by atoms with Crippen molar-refractivity contribution in [3.05, 3.63) is 42.3 Å². The molecule has 1 aromatic carbocycles. The van der Waals surface area contributed by atoms with Gasteiger partial charge in [0.15, 0.2) is 0 Å². The number of aliphatic hydroxyl groups is 1. The van der Waals surface area contributed by atoms with E-state index in [1.807, 2.05) is 4.68 Å². The number of nitrogens with one attached hydrogen (secondary N) is 2. The maximum atomic E-state index is 13.2. The predicted molar refractivity (Wildman–Crippen MR) is 93.1 cm³/mol. The Labute approximate surface area is 145 Å². The first-order chi connectivity index (χ1) is 12.2. The summed E-state index contributed by atoms with van der Waals surface area (Å²) in [6, 6.07) is 7.24. The minimum Gasteiger partial charge on any atom is -0.395 e. The van der Waals surface area contributed by atoms with Crippen LogP contribution in [0.15, 0.2) is 36.5 Å². The molecule has 0 radical (unpaired) electrons. The molecule has 134 valence electrons. The molecule has 0 atom stereocenters. The molecular formula is C17H22FN5O2. The van der Waals surface area contributed by atoms with E-state index in [-0.39, 0.29) is 12.6 Å². The van der Waals surface area contributed by atoms with Crippen molar-refractivity contribution in [2.24, 2.45) is 0 Å². The largest absolute Gasteiger partial charge is 0.395 e. The minimum atomic E-state index is -0.440. The summed E-state index contributed by atoms with van der Waals surface area (Å²) in [5.74, 6) is 0.201. The van der Waals surface area contributed by atoms with Gasteiger partial charge < -0.3 is 15.3 Å². The summed E-state index contributed by atoms with van der Waals surface area (Å²) in [5.41, 5.74) is 0.390. The summed E-state index contributed by atoms with van der Waals surface area (Å²) >= 11 is 0. The normalized spacial score (nSPS) is 15.9. The van der Waals surface area contributed by atoms with Crippen molar-refractivity contribution in [3.63, 3.8) is 0 Å². The number of rotatable bonds is 5. The number of piperidine rings is 1. The van der Waals surface area contributed by atoms with Crippen molar-refractivity contribution in [1.82, 2.24) is 14.7 Å². The molecule has 0 spiro atoms. The molecule has 1 aromatic heterocycles. The van der Waals surface area contributed by atoms with Gasteiger partial charge in [-0.1, -0.05) is 6.07 Å². The maximum Gasteiger partial charge on any atom is 0.324 e. The van der Waals surface area contributed by atoms with Crippen molar-refractivity contribution in [2.75, 3.05) is 36.9 Å². The lowest BCUT2D eigenvalue weighted by Gasteiger charge is -2.32. The van der Waals surface area contributed by atoms with Crippen LogP contribution in [0.25, 0.3) is 0 Å². The average molecular weight is 347 g/mol. The zero-order valence-electron chi connectivity index (χ0n) is 13.9. The fourth-order valence-electron chi connectivity index (χ4n) is 3.08. The molecule has 7 nitrogen and oxygen atoms in total. The third-order valence-corrected chi connectivity index (χ3v) is 4.31. The molecule has 1 fully saturated rings. The van der Waals surface area contributed by atoms with Crippen molar-refractivity contribution in [3.8, 4) is 0 Å². The fraction of sp³-hybridized carbons (Fsp3) is 0.412. The SMILES string of the molecule is O=C(Nc1cccc(F)c1)Nc1ccnn1C1CCN(CCO)CC1. The molecule has 1 aliphatic heterocycles. The van der Waals surface area contributed by atoms with Crippen molar-refractivity contribution in [2.45, 2.75) is 18.9 Å². The third kappa shape index (κ3) is 4.55. The molecule has 8 heteroatoms. The standard InChI is InChI=1S/C17H22FN5O2/c18-13-2-1-3-14(12-13)20-17(25)21-16-4-7-19-23(16)15-5-8-22(9-6-15)10-11-24/h1-4,7,12,15,24H,5-6,8-11H2,(H2,20,21,25). The summed E-state index contributed by atoms with van der Waals surface area (Å²) in [6.45, 7) is 2.63. The molecule has 2 amide bonds. The first-order valence-electron chi connectivity index (χ1n) is 8.36. The number of carbonyl (C=O) groups excluding carboxylic acids is 1. The van der Waals surface area contributed by atoms with E-state index in [0.29, 0.717) is 18.1 Å². The molecule has 3 rings (SSSR count). The average Bonchev–Trinajstić information content (AvgIpc) is 3.04. The van der Waals surface area contributed by atoms with Crippen LogP contribution < -0.4 is 10.6 Å². The second-order valence-electron chi connectivity index (χ2n) is 6.05. The molecule has 3 N–H and O–H groups in total. The van der Waals surface area contributed by atoms with Crippen molar-refractivity contribution >= 4 is 17.5 Å². The van der Waals surface area contributed by atoms with Gasteiger partial charge in [-0.25, -0.2) is 13.9 Å². The first kappa shape index (κ1) is 17.4. The van der Waals surface area contributed by atoms with Gasteiger partial charge in [0, 0.05) is 31.4 Å². The van der Waals surface area contributed by atoms with Crippen molar-refractivity contribution < 1.29 is 14.3 Å². The van der Waals surface area contributed by atoms with Crippen molar-refractivity contribution in [1.29, 1.82) is 0 Å². The van der Waals surface area contributed by atoms with E-state index >= 15 is 0 Å². The molecule has 0 unspecified atom stereocenters. The molecule has 2 heterocycles. The van der Waals surface area contributed by atoms with Crippen LogP contribution in [0.3, 0.4) is 0 Å². The highest BCUT2D eigenvalue weighted by atomic mass is 19.1. The number of amides is 2. The fourth-order valence-corrected chi connectivity index (χ4v) is 3.08. The van der Waals surface area contributed by atoms with Crippen LogP contribution in [0.1, 0.15) is 18.9 Å². The van der Waals surface area contributed by atoms with Crippen LogP contribution in [0.2, 0.25) is 0 Å². The predicted octanol–water partition coefficient (Wildman–Crippen LogP) is 2.30. The lowest BCUT2D eigenvalue weighted by Crippen LogP contribution is -2.37. The Balaban J connectivity index is 1.59. The summed E-state index contributed by atoms with van der Waals surface area (Å²) < 4.78 is 15.0. The second kappa shape index (κ2) is 8.09. The summed E-state index contributed by atoms with van der Waals surface area (Å²) in [6.07, 6.45) is 3.46. The molecule has 25 heavy (non-hydrogen) atoms. The molecule has 0 aliphatic carbocycles. The van der Waals surface area contributed by atoms with Gasteiger partial charge in [0.25, 0.3) is 0 Å². The number of likely N-dealkylation sites (tertiary alicyclic amines) is 1. The van der Waals surface area contributed by atoms with Gasteiger partial charge in [-0.05, 0) is 31.0 Å². The van der Waals surface area contributed by atoms with Gasteiger partial charge in [-0.3, -0.25) is 5.32 Å². The smallest absolute Gasteiger partial charge is 0.324 e. The molecule has 0 saturated carbocycles. The van der Waals surface area contributed by atoms with E-state index in [2.05, 4.69) is 20.6 Å². The van der Waals surface area contributed by atoms with E-state index in [0.717, 1.165) is 25.9 Å². The Bertz CT molecular complexity index is 713. The van der Waals surface area contributed by atoms with E-state index in [1.165, 1.54) is 18.2 Å². The number of hydrogen-bond donors (Lipinski definition) is 3. The Kier molecular flexibility index (Phi) is 5.62. The van der Waals surface area contributed by atoms with E-state index < -0.39 is 11.8 Å². The van der Waals surface area contributed by atoms with Gasteiger partial charge in [0.2, 0.25) is 0 Å². The van der Waals surface area contributed by atoms with Crippen LogP contribution in [0.4, 0.5) is 20.7 Å². The number of β-amino-alcohol motifs (C(OH)–C–C–N with tert-alkyl or cyclic N) is 1. The zero-order valence-corrected chi connectivity index (χ0v) is 13.9. The highest BCUT2D eigenvalue weighted by Gasteiger charge is 2.22. The number of halogens is 1. The minimum absolute atomic E-state index is 0.166. The first-order valence-corrected chi connectivity index (χ1v) is 8.36. The summed E-state index contributed by atoms with van der Waals surface area (Å²) in [7, 11) is 0. The Hall–Kier alpha value is -2.45. The number of anilines is 2.